The summed E-state index contributed by atoms with van der Waals surface area (Å²) in [5, 5.41) is 12.5. The summed E-state index contributed by atoms with van der Waals surface area (Å²) in [6, 6.07) is 6.33. The summed E-state index contributed by atoms with van der Waals surface area (Å²) < 4.78 is 5.53. The SMILES string of the molecule is CC1OCCC1Nc1nc(C2CC2)ccc1C#N. The lowest BCUT2D eigenvalue weighted by molar-refractivity contribution is 0.121. The van der Waals surface area contributed by atoms with Gasteiger partial charge in [0.2, 0.25) is 0 Å². The number of hydrogen-bond acceptors (Lipinski definition) is 4. The van der Waals surface area contributed by atoms with Crippen LogP contribution in [-0.2, 0) is 4.74 Å². The van der Waals surface area contributed by atoms with Crippen molar-refractivity contribution >= 4 is 5.82 Å². The van der Waals surface area contributed by atoms with E-state index in [1.54, 1.807) is 0 Å². The average Bonchev–Trinajstić information content (AvgIpc) is 3.15. The molecule has 18 heavy (non-hydrogen) atoms. The molecule has 1 saturated carbocycles. The number of nitrogens with one attached hydrogen (secondary N) is 1. The first-order valence-corrected chi connectivity index (χ1v) is 6.57. The minimum Gasteiger partial charge on any atom is -0.376 e. The highest BCUT2D eigenvalue weighted by Crippen LogP contribution is 2.39. The van der Waals surface area contributed by atoms with Crippen molar-refractivity contribution in [1.29, 1.82) is 5.26 Å². The Bertz CT molecular complexity index is 490. The summed E-state index contributed by atoms with van der Waals surface area (Å²) >= 11 is 0. The van der Waals surface area contributed by atoms with E-state index in [0.717, 1.165) is 24.5 Å². The molecule has 0 spiro atoms. The van der Waals surface area contributed by atoms with Gasteiger partial charge in [-0.25, -0.2) is 4.98 Å². The van der Waals surface area contributed by atoms with Crippen LogP contribution in [-0.4, -0.2) is 23.7 Å². The van der Waals surface area contributed by atoms with Crippen LogP contribution < -0.4 is 5.32 Å². The van der Waals surface area contributed by atoms with Crippen LogP contribution in [0.3, 0.4) is 0 Å². The van der Waals surface area contributed by atoms with Gasteiger partial charge in [0.05, 0.1) is 17.7 Å². The second-order valence-electron chi connectivity index (χ2n) is 5.13. The van der Waals surface area contributed by atoms with E-state index >= 15 is 0 Å². The predicted molar refractivity (Wildman–Crippen MR) is 68.4 cm³/mol. The molecule has 0 bridgehead atoms. The number of nitrogens with zero attached hydrogens (tertiary/aromatic N) is 2. The van der Waals surface area contributed by atoms with Crippen molar-refractivity contribution in [2.45, 2.75) is 44.2 Å². The van der Waals surface area contributed by atoms with Crippen LogP contribution in [0.15, 0.2) is 12.1 Å². The molecule has 4 heteroatoms. The first kappa shape index (κ1) is 11.5. The molecule has 1 aromatic rings. The van der Waals surface area contributed by atoms with Gasteiger partial charge < -0.3 is 10.1 Å². The normalized spacial score (nSPS) is 26.9. The number of nitriles is 1. The maximum Gasteiger partial charge on any atom is 0.144 e. The smallest absolute Gasteiger partial charge is 0.144 e. The van der Waals surface area contributed by atoms with Gasteiger partial charge in [-0.1, -0.05) is 0 Å². The van der Waals surface area contributed by atoms with Crippen LogP contribution in [0, 0.1) is 11.3 Å². The monoisotopic (exact) mass is 243 g/mol. The zero-order valence-electron chi connectivity index (χ0n) is 10.5. The van der Waals surface area contributed by atoms with E-state index in [1.807, 2.05) is 12.1 Å². The van der Waals surface area contributed by atoms with E-state index < -0.39 is 0 Å². The largest absolute Gasteiger partial charge is 0.376 e. The van der Waals surface area contributed by atoms with E-state index in [-0.39, 0.29) is 12.1 Å². The molecule has 2 aliphatic rings. The molecule has 4 nitrogen and oxygen atoms in total. The summed E-state index contributed by atoms with van der Waals surface area (Å²) in [5.74, 6) is 1.33. The Hall–Kier alpha value is -1.60. The Labute approximate surface area is 107 Å². The molecular weight excluding hydrogens is 226 g/mol. The van der Waals surface area contributed by atoms with Crippen molar-refractivity contribution in [3.05, 3.63) is 23.4 Å². The molecule has 0 aromatic carbocycles. The molecule has 1 aromatic heterocycles. The van der Waals surface area contributed by atoms with Gasteiger partial charge in [-0.15, -0.1) is 0 Å². The van der Waals surface area contributed by atoms with E-state index in [4.69, 9.17) is 10.00 Å². The Morgan fingerprint density at radius 1 is 1.39 bits per heavy atom. The molecule has 0 amide bonds. The summed E-state index contributed by atoms with van der Waals surface area (Å²) in [7, 11) is 0. The molecule has 2 fully saturated rings. The van der Waals surface area contributed by atoms with Crippen molar-refractivity contribution in [3.63, 3.8) is 0 Å². The van der Waals surface area contributed by atoms with Gasteiger partial charge in [-0.2, -0.15) is 5.26 Å². The van der Waals surface area contributed by atoms with Crippen LogP contribution in [0.5, 0.6) is 0 Å². The van der Waals surface area contributed by atoms with Crippen molar-refractivity contribution in [1.82, 2.24) is 4.98 Å². The van der Waals surface area contributed by atoms with Gasteiger partial charge in [0.25, 0.3) is 0 Å². The molecule has 3 rings (SSSR count). The third kappa shape index (κ3) is 2.19. The third-order valence-electron chi connectivity index (χ3n) is 3.73. The molecule has 1 N–H and O–H groups in total. The second-order valence-corrected chi connectivity index (χ2v) is 5.13. The lowest BCUT2D eigenvalue weighted by atomic mass is 10.1. The number of aromatic nitrogens is 1. The number of pyridine rings is 1. The molecule has 1 aliphatic carbocycles. The van der Waals surface area contributed by atoms with Crippen LogP contribution in [0.25, 0.3) is 0 Å². The zero-order chi connectivity index (χ0) is 12.5. The van der Waals surface area contributed by atoms with Gasteiger partial charge in [0.15, 0.2) is 0 Å². The molecule has 2 unspecified atom stereocenters. The fourth-order valence-electron chi connectivity index (χ4n) is 2.38. The third-order valence-corrected chi connectivity index (χ3v) is 3.73. The molecule has 1 saturated heterocycles. The van der Waals surface area contributed by atoms with E-state index in [1.165, 1.54) is 12.8 Å². The molecule has 0 radical (unpaired) electrons. The minimum atomic E-state index is 0.183. The summed E-state index contributed by atoms with van der Waals surface area (Å²) in [5.41, 5.74) is 1.74. The lowest BCUT2D eigenvalue weighted by Crippen LogP contribution is -2.27. The van der Waals surface area contributed by atoms with E-state index in [0.29, 0.717) is 11.5 Å². The highest BCUT2D eigenvalue weighted by Gasteiger charge is 2.28. The van der Waals surface area contributed by atoms with Crippen LogP contribution in [0.2, 0.25) is 0 Å². The first-order valence-electron chi connectivity index (χ1n) is 6.57. The van der Waals surface area contributed by atoms with Crippen LogP contribution in [0.1, 0.15) is 43.4 Å². The van der Waals surface area contributed by atoms with Gasteiger partial charge in [0, 0.05) is 18.2 Å². The van der Waals surface area contributed by atoms with Crippen molar-refractivity contribution in [2.75, 3.05) is 11.9 Å². The molecule has 2 atom stereocenters. The Kier molecular flexibility index (Phi) is 2.92. The van der Waals surface area contributed by atoms with Crippen LogP contribution in [0.4, 0.5) is 5.82 Å². The van der Waals surface area contributed by atoms with E-state index in [2.05, 4.69) is 23.3 Å². The van der Waals surface area contributed by atoms with Crippen molar-refractivity contribution < 1.29 is 4.74 Å². The summed E-state index contributed by atoms with van der Waals surface area (Å²) in [6.07, 6.45) is 3.60. The zero-order valence-corrected chi connectivity index (χ0v) is 10.5. The molecular formula is C14H17N3O. The van der Waals surface area contributed by atoms with Crippen LogP contribution >= 0.6 is 0 Å². The predicted octanol–water partition coefficient (Wildman–Crippen LogP) is 2.42. The standard InChI is InChI=1S/C14H17N3O/c1-9-12(6-7-18-9)16-14-11(8-15)4-5-13(17-14)10-2-3-10/h4-5,9-10,12H,2-3,6-7H2,1H3,(H,16,17). The maximum absolute atomic E-state index is 9.14. The van der Waals surface area contributed by atoms with Gasteiger partial charge >= 0.3 is 0 Å². The van der Waals surface area contributed by atoms with Gasteiger partial charge in [-0.05, 0) is 38.3 Å². The quantitative estimate of drug-likeness (QED) is 0.885. The number of ether oxygens (including phenoxy) is 1. The molecule has 94 valence electrons. The second kappa shape index (κ2) is 4.58. The fourth-order valence-corrected chi connectivity index (χ4v) is 2.38. The van der Waals surface area contributed by atoms with Crippen molar-refractivity contribution in [3.8, 4) is 6.07 Å². The fraction of sp³-hybridized carbons (Fsp3) is 0.571. The number of rotatable bonds is 3. The number of anilines is 1. The summed E-state index contributed by atoms with van der Waals surface area (Å²) in [4.78, 5) is 4.61. The lowest BCUT2D eigenvalue weighted by Gasteiger charge is -2.18. The number of hydrogen-bond donors (Lipinski definition) is 1. The Balaban J connectivity index is 1.84. The Morgan fingerprint density at radius 3 is 2.83 bits per heavy atom. The first-order chi connectivity index (χ1) is 8.78. The summed E-state index contributed by atoms with van der Waals surface area (Å²) in [6.45, 7) is 2.84. The Morgan fingerprint density at radius 2 is 2.22 bits per heavy atom. The average molecular weight is 243 g/mol. The van der Waals surface area contributed by atoms with Gasteiger partial charge in [0.1, 0.15) is 11.9 Å². The minimum absolute atomic E-state index is 0.183. The topological polar surface area (TPSA) is 57.9 Å². The van der Waals surface area contributed by atoms with E-state index in [9.17, 15) is 0 Å². The van der Waals surface area contributed by atoms with Gasteiger partial charge in [-0.3, -0.25) is 0 Å². The molecule has 1 aliphatic heterocycles. The maximum atomic E-state index is 9.14. The highest BCUT2D eigenvalue weighted by atomic mass is 16.5. The van der Waals surface area contributed by atoms with Crippen molar-refractivity contribution in [2.24, 2.45) is 0 Å². The molecule has 2 heterocycles. The highest BCUT2D eigenvalue weighted by molar-refractivity contribution is 5.53.